The van der Waals surface area contributed by atoms with E-state index in [1.807, 2.05) is 13.8 Å². The molecule has 0 fully saturated rings. The van der Waals surface area contributed by atoms with Gasteiger partial charge in [-0.1, -0.05) is 6.07 Å². The predicted octanol–water partition coefficient (Wildman–Crippen LogP) is 3.08. The molecular formula is C10H13BrO2. The molecule has 0 heterocycles. The van der Waals surface area contributed by atoms with Crippen LogP contribution >= 0.6 is 15.9 Å². The number of hydrogen-bond acceptors (Lipinski definition) is 2. The minimum Gasteiger partial charge on any atom is -0.493 e. The van der Waals surface area contributed by atoms with Crippen molar-refractivity contribution in [1.82, 2.24) is 0 Å². The summed E-state index contributed by atoms with van der Waals surface area (Å²) >= 11 is 3.46. The fourth-order valence-corrected chi connectivity index (χ4v) is 1.80. The number of rotatable bonds is 2. The van der Waals surface area contributed by atoms with Gasteiger partial charge in [0.25, 0.3) is 0 Å². The van der Waals surface area contributed by atoms with Crippen LogP contribution in [0.4, 0.5) is 0 Å². The number of ether oxygens (including phenoxy) is 2. The molecule has 3 heteroatoms. The fraction of sp³-hybridized carbons (Fsp3) is 0.400. The molecule has 1 aromatic rings. The van der Waals surface area contributed by atoms with Gasteiger partial charge in [-0.3, -0.25) is 0 Å². The average molecular weight is 245 g/mol. The Kier molecular flexibility index (Phi) is 3.20. The Morgan fingerprint density at radius 2 is 1.54 bits per heavy atom. The van der Waals surface area contributed by atoms with Gasteiger partial charge >= 0.3 is 0 Å². The third-order valence-corrected chi connectivity index (χ3v) is 2.94. The van der Waals surface area contributed by atoms with Crippen LogP contribution in [0.3, 0.4) is 0 Å². The molecule has 0 saturated carbocycles. The summed E-state index contributed by atoms with van der Waals surface area (Å²) in [7, 11) is 3.29. The zero-order valence-electron chi connectivity index (χ0n) is 8.27. The molecule has 72 valence electrons. The minimum atomic E-state index is 0.764. The van der Waals surface area contributed by atoms with Gasteiger partial charge in [0.1, 0.15) is 0 Å². The summed E-state index contributed by atoms with van der Waals surface area (Å²) in [4.78, 5) is 0. The zero-order chi connectivity index (χ0) is 10.0. The monoisotopic (exact) mass is 244 g/mol. The minimum absolute atomic E-state index is 0.764. The highest BCUT2D eigenvalue weighted by molar-refractivity contribution is 9.10. The maximum absolute atomic E-state index is 5.26. The van der Waals surface area contributed by atoms with Gasteiger partial charge < -0.3 is 9.47 Å². The van der Waals surface area contributed by atoms with Crippen molar-refractivity contribution in [3.63, 3.8) is 0 Å². The standard InChI is InChI=1S/C10H13BrO2/c1-6-5-7(2)9(12-3)10(13-4)8(6)11/h5H,1-4H3. The van der Waals surface area contributed by atoms with Crippen LogP contribution < -0.4 is 9.47 Å². The van der Waals surface area contributed by atoms with Crippen molar-refractivity contribution < 1.29 is 9.47 Å². The number of hydrogen-bond donors (Lipinski definition) is 0. The fourth-order valence-electron chi connectivity index (χ4n) is 1.35. The van der Waals surface area contributed by atoms with Crippen LogP contribution in [0, 0.1) is 13.8 Å². The Bertz CT molecular complexity index is 321. The van der Waals surface area contributed by atoms with E-state index in [1.54, 1.807) is 14.2 Å². The van der Waals surface area contributed by atoms with Crippen molar-refractivity contribution in [3.8, 4) is 11.5 Å². The van der Waals surface area contributed by atoms with Crippen molar-refractivity contribution in [2.75, 3.05) is 14.2 Å². The van der Waals surface area contributed by atoms with Crippen LogP contribution in [0.5, 0.6) is 11.5 Å². The molecule has 1 aromatic carbocycles. The van der Waals surface area contributed by atoms with Gasteiger partial charge in [-0.2, -0.15) is 0 Å². The molecule has 0 aliphatic heterocycles. The molecule has 0 bridgehead atoms. The van der Waals surface area contributed by atoms with Gasteiger partial charge in [0, 0.05) is 0 Å². The lowest BCUT2D eigenvalue weighted by Gasteiger charge is -2.13. The SMILES string of the molecule is COc1c(C)cc(C)c(Br)c1OC. The Hall–Kier alpha value is -0.700. The lowest BCUT2D eigenvalue weighted by Crippen LogP contribution is -1.95. The van der Waals surface area contributed by atoms with E-state index in [1.165, 1.54) is 0 Å². The summed E-state index contributed by atoms with van der Waals surface area (Å²) in [5, 5.41) is 0. The van der Waals surface area contributed by atoms with Crippen LogP contribution in [-0.4, -0.2) is 14.2 Å². The molecule has 0 radical (unpaired) electrons. The summed E-state index contributed by atoms with van der Waals surface area (Å²) in [5.41, 5.74) is 2.23. The van der Waals surface area contributed by atoms with Crippen LogP contribution in [-0.2, 0) is 0 Å². The topological polar surface area (TPSA) is 18.5 Å². The first-order valence-electron chi connectivity index (χ1n) is 3.99. The number of halogens is 1. The van der Waals surface area contributed by atoms with Crippen molar-refractivity contribution in [2.45, 2.75) is 13.8 Å². The Morgan fingerprint density at radius 1 is 1.00 bits per heavy atom. The molecule has 0 saturated heterocycles. The van der Waals surface area contributed by atoms with E-state index in [0.29, 0.717) is 0 Å². The highest BCUT2D eigenvalue weighted by atomic mass is 79.9. The normalized spacial score (nSPS) is 9.92. The molecule has 0 aliphatic carbocycles. The van der Waals surface area contributed by atoms with E-state index in [9.17, 15) is 0 Å². The molecular weight excluding hydrogens is 232 g/mol. The molecule has 0 atom stereocenters. The maximum atomic E-state index is 5.26. The third-order valence-electron chi connectivity index (χ3n) is 1.95. The largest absolute Gasteiger partial charge is 0.493 e. The molecule has 2 nitrogen and oxygen atoms in total. The number of benzene rings is 1. The van der Waals surface area contributed by atoms with E-state index in [-0.39, 0.29) is 0 Å². The third kappa shape index (κ3) is 1.80. The first-order valence-corrected chi connectivity index (χ1v) is 4.78. The van der Waals surface area contributed by atoms with E-state index >= 15 is 0 Å². The summed E-state index contributed by atoms with van der Waals surface area (Å²) in [6.07, 6.45) is 0. The van der Waals surface area contributed by atoms with Crippen molar-refractivity contribution >= 4 is 15.9 Å². The smallest absolute Gasteiger partial charge is 0.175 e. The lowest BCUT2D eigenvalue weighted by molar-refractivity contribution is 0.351. The van der Waals surface area contributed by atoms with Crippen LogP contribution in [0.15, 0.2) is 10.5 Å². The first kappa shape index (κ1) is 10.4. The highest BCUT2D eigenvalue weighted by Crippen LogP contribution is 2.39. The second kappa shape index (κ2) is 4.01. The van der Waals surface area contributed by atoms with Crippen molar-refractivity contribution in [1.29, 1.82) is 0 Å². The van der Waals surface area contributed by atoms with Crippen LogP contribution in [0.1, 0.15) is 11.1 Å². The summed E-state index contributed by atoms with van der Waals surface area (Å²) in [6.45, 7) is 4.03. The van der Waals surface area contributed by atoms with Crippen molar-refractivity contribution in [2.24, 2.45) is 0 Å². The Balaban J connectivity index is 3.41. The van der Waals surface area contributed by atoms with Gasteiger partial charge in [0.2, 0.25) is 0 Å². The summed E-state index contributed by atoms with van der Waals surface area (Å²) < 4.78 is 11.5. The van der Waals surface area contributed by atoms with E-state index in [2.05, 4.69) is 22.0 Å². The van der Waals surface area contributed by atoms with Crippen LogP contribution in [0.25, 0.3) is 0 Å². The van der Waals surface area contributed by atoms with Gasteiger partial charge in [-0.05, 0) is 40.9 Å². The predicted molar refractivity (Wildman–Crippen MR) is 56.7 cm³/mol. The Morgan fingerprint density at radius 3 is 2.00 bits per heavy atom. The highest BCUT2D eigenvalue weighted by Gasteiger charge is 2.13. The van der Waals surface area contributed by atoms with E-state index in [4.69, 9.17) is 9.47 Å². The van der Waals surface area contributed by atoms with Gasteiger partial charge in [-0.15, -0.1) is 0 Å². The maximum Gasteiger partial charge on any atom is 0.175 e. The summed E-state index contributed by atoms with van der Waals surface area (Å²) in [6, 6.07) is 2.06. The van der Waals surface area contributed by atoms with Gasteiger partial charge in [0.05, 0.1) is 18.7 Å². The zero-order valence-corrected chi connectivity index (χ0v) is 9.86. The second-order valence-electron chi connectivity index (χ2n) is 2.89. The van der Waals surface area contributed by atoms with Crippen LogP contribution in [0.2, 0.25) is 0 Å². The lowest BCUT2D eigenvalue weighted by atomic mass is 10.1. The second-order valence-corrected chi connectivity index (χ2v) is 3.68. The van der Waals surface area contributed by atoms with Crippen molar-refractivity contribution in [3.05, 3.63) is 21.7 Å². The number of methoxy groups -OCH3 is 2. The van der Waals surface area contributed by atoms with E-state index in [0.717, 1.165) is 27.1 Å². The molecule has 0 aromatic heterocycles. The average Bonchev–Trinajstić information content (AvgIpc) is 2.10. The molecule has 0 unspecified atom stereocenters. The van der Waals surface area contributed by atoms with Gasteiger partial charge in [0.15, 0.2) is 11.5 Å². The Labute approximate surface area is 87.0 Å². The molecule has 0 N–H and O–H groups in total. The van der Waals surface area contributed by atoms with Gasteiger partial charge in [-0.25, -0.2) is 0 Å². The van der Waals surface area contributed by atoms with E-state index < -0.39 is 0 Å². The molecule has 0 aliphatic rings. The quantitative estimate of drug-likeness (QED) is 0.797. The molecule has 1 rings (SSSR count). The molecule has 0 amide bonds. The molecule has 13 heavy (non-hydrogen) atoms. The number of aryl methyl sites for hydroxylation is 2. The molecule has 0 spiro atoms. The summed E-state index contributed by atoms with van der Waals surface area (Å²) in [5.74, 6) is 1.56. The first-order chi connectivity index (χ1) is 6.11.